The summed E-state index contributed by atoms with van der Waals surface area (Å²) in [4.78, 5) is 35.4. The highest BCUT2D eigenvalue weighted by Crippen LogP contribution is 2.22. The van der Waals surface area contributed by atoms with Crippen LogP contribution < -0.4 is 5.73 Å². The number of halogens is 1. The van der Waals surface area contributed by atoms with Crippen LogP contribution in [0.25, 0.3) is 0 Å². The molecule has 1 fully saturated rings. The van der Waals surface area contributed by atoms with Crippen LogP contribution in [0.1, 0.15) is 40.0 Å². The lowest BCUT2D eigenvalue weighted by atomic mass is 9.93. The van der Waals surface area contributed by atoms with Crippen molar-refractivity contribution in [1.82, 2.24) is 4.90 Å². The Morgan fingerprint density at radius 1 is 1.27 bits per heavy atom. The van der Waals surface area contributed by atoms with E-state index >= 15 is 0 Å². The number of hydrogen-bond donors (Lipinski definition) is 2. The zero-order chi connectivity index (χ0) is 16.3. The van der Waals surface area contributed by atoms with Crippen LogP contribution in [0, 0.1) is 11.7 Å². The van der Waals surface area contributed by atoms with Crippen molar-refractivity contribution >= 4 is 17.8 Å². The Labute approximate surface area is 126 Å². The molecule has 0 atom stereocenters. The van der Waals surface area contributed by atoms with Crippen LogP contribution in [0.2, 0.25) is 0 Å². The summed E-state index contributed by atoms with van der Waals surface area (Å²) in [5.74, 6) is -2.76. The number of piperidine rings is 1. The highest BCUT2D eigenvalue weighted by molar-refractivity contribution is 5.96. The van der Waals surface area contributed by atoms with E-state index in [9.17, 15) is 18.8 Å². The Kier molecular flexibility index (Phi) is 4.75. The van der Waals surface area contributed by atoms with Gasteiger partial charge in [0.15, 0.2) is 0 Å². The van der Waals surface area contributed by atoms with Gasteiger partial charge in [0.2, 0.25) is 5.91 Å². The predicted molar refractivity (Wildman–Crippen MR) is 75.8 cm³/mol. The van der Waals surface area contributed by atoms with E-state index < -0.39 is 17.7 Å². The normalized spacial score (nSPS) is 15.6. The lowest BCUT2D eigenvalue weighted by Crippen LogP contribution is -2.39. The van der Waals surface area contributed by atoms with Crippen LogP contribution in [0.3, 0.4) is 0 Å². The molecule has 1 aromatic carbocycles. The number of rotatable bonds is 4. The van der Waals surface area contributed by atoms with Crippen LogP contribution >= 0.6 is 0 Å². The second-order valence-electron chi connectivity index (χ2n) is 5.41. The minimum atomic E-state index is -1.25. The number of carboxylic acid groups (broad SMARTS) is 1. The first-order valence-electron chi connectivity index (χ1n) is 6.99. The van der Waals surface area contributed by atoms with E-state index in [1.807, 2.05) is 0 Å². The van der Waals surface area contributed by atoms with E-state index in [1.54, 1.807) is 0 Å². The molecule has 118 valence electrons. The Morgan fingerprint density at radius 3 is 2.41 bits per heavy atom. The Hall–Kier alpha value is -2.44. The van der Waals surface area contributed by atoms with Crippen LogP contribution in [0.15, 0.2) is 18.2 Å². The summed E-state index contributed by atoms with van der Waals surface area (Å²) in [5, 5.41) is 8.79. The van der Waals surface area contributed by atoms with Gasteiger partial charge in [-0.1, -0.05) is 0 Å². The van der Waals surface area contributed by atoms with E-state index in [0.29, 0.717) is 32.4 Å². The standard InChI is InChI=1S/C15H17FN2O4/c16-12-8-10(15(21)22)1-2-11(12)14(20)18-5-3-9(4-6-18)7-13(17)19/h1-2,8-9H,3-7H2,(H2,17,19)(H,21,22). The van der Waals surface area contributed by atoms with E-state index in [2.05, 4.69) is 0 Å². The molecule has 0 radical (unpaired) electrons. The first-order valence-corrected chi connectivity index (χ1v) is 6.99. The zero-order valence-corrected chi connectivity index (χ0v) is 11.9. The zero-order valence-electron chi connectivity index (χ0n) is 11.9. The van der Waals surface area contributed by atoms with Crippen molar-refractivity contribution in [3.63, 3.8) is 0 Å². The third-order valence-corrected chi connectivity index (χ3v) is 3.84. The average molecular weight is 308 g/mol. The molecular weight excluding hydrogens is 291 g/mol. The quantitative estimate of drug-likeness (QED) is 0.874. The number of likely N-dealkylation sites (tertiary alicyclic amines) is 1. The smallest absolute Gasteiger partial charge is 0.335 e. The van der Waals surface area contributed by atoms with Crippen LogP contribution in [0.5, 0.6) is 0 Å². The van der Waals surface area contributed by atoms with Gasteiger partial charge in [-0.05, 0) is 37.0 Å². The fourth-order valence-electron chi connectivity index (χ4n) is 2.62. The number of nitrogens with zero attached hydrogens (tertiary/aromatic N) is 1. The number of carboxylic acids is 1. The summed E-state index contributed by atoms with van der Waals surface area (Å²) in [5.41, 5.74) is 4.81. The number of aromatic carboxylic acids is 1. The second kappa shape index (κ2) is 6.55. The predicted octanol–water partition coefficient (Wildman–Crippen LogP) is 1.25. The topological polar surface area (TPSA) is 101 Å². The maximum absolute atomic E-state index is 13.9. The molecule has 1 aliphatic rings. The summed E-state index contributed by atoms with van der Waals surface area (Å²) < 4.78 is 13.9. The molecule has 0 aliphatic carbocycles. The first-order chi connectivity index (χ1) is 10.4. The molecule has 2 rings (SSSR count). The molecule has 0 aromatic heterocycles. The molecule has 7 heteroatoms. The molecule has 0 bridgehead atoms. The summed E-state index contributed by atoms with van der Waals surface area (Å²) >= 11 is 0. The van der Waals surface area contributed by atoms with Gasteiger partial charge in [-0.2, -0.15) is 0 Å². The summed E-state index contributed by atoms with van der Waals surface area (Å²) in [6, 6.07) is 3.24. The summed E-state index contributed by atoms with van der Waals surface area (Å²) in [7, 11) is 0. The largest absolute Gasteiger partial charge is 0.478 e. The van der Waals surface area contributed by atoms with Gasteiger partial charge in [-0.15, -0.1) is 0 Å². The number of nitrogens with two attached hydrogens (primary N) is 1. The molecular formula is C15H17FN2O4. The van der Waals surface area contributed by atoms with Gasteiger partial charge in [0.1, 0.15) is 5.82 Å². The Bertz CT molecular complexity index is 610. The molecule has 0 saturated carbocycles. The van der Waals surface area contributed by atoms with Gasteiger partial charge in [-0.3, -0.25) is 9.59 Å². The molecule has 0 spiro atoms. The van der Waals surface area contributed by atoms with E-state index in [4.69, 9.17) is 10.8 Å². The lowest BCUT2D eigenvalue weighted by molar-refractivity contribution is -0.119. The lowest BCUT2D eigenvalue weighted by Gasteiger charge is -2.31. The Morgan fingerprint density at radius 2 is 1.91 bits per heavy atom. The fraction of sp³-hybridized carbons (Fsp3) is 0.400. The molecule has 0 unspecified atom stereocenters. The number of primary amides is 1. The van der Waals surface area contributed by atoms with Crippen LogP contribution in [-0.4, -0.2) is 40.9 Å². The van der Waals surface area contributed by atoms with Crippen molar-refractivity contribution < 1.29 is 23.9 Å². The SMILES string of the molecule is NC(=O)CC1CCN(C(=O)c2ccc(C(=O)O)cc2F)CC1. The van der Waals surface area contributed by atoms with E-state index in [1.165, 1.54) is 17.0 Å². The molecule has 2 amide bonds. The van der Waals surface area contributed by atoms with Crippen molar-refractivity contribution in [3.05, 3.63) is 35.1 Å². The average Bonchev–Trinajstić information content (AvgIpc) is 2.46. The van der Waals surface area contributed by atoms with E-state index in [0.717, 1.165) is 6.07 Å². The monoisotopic (exact) mass is 308 g/mol. The maximum Gasteiger partial charge on any atom is 0.335 e. The molecule has 6 nitrogen and oxygen atoms in total. The van der Waals surface area contributed by atoms with Crippen molar-refractivity contribution in [3.8, 4) is 0 Å². The number of carbonyl (C=O) groups is 3. The summed E-state index contributed by atoms with van der Waals surface area (Å²) in [6.45, 7) is 0.855. The second-order valence-corrected chi connectivity index (χ2v) is 5.41. The third kappa shape index (κ3) is 3.60. The van der Waals surface area contributed by atoms with Crippen molar-refractivity contribution in [2.24, 2.45) is 11.7 Å². The number of hydrogen-bond acceptors (Lipinski definition) is 3. The molecule has 1 aliphatic heterocycles. The summed E-state index contributed by atoms with van der Waals surface area (Å²) in [6.07, 6.45) is 1.58. The van der Waals surface area contributed by atoms with Crippen LogP contribution in [0.4, 0.5) is 4.39 Å². The van der Waals surface area contributed by atoms with Gasteiger partial charge in [0.05, 0.1) is 11.1 Å². The van der Waals surface area contributed by atoms with Crippen LogP contribution in [-0.2, 0) is 4.79 Å². The fourth-order valence-corrected chi connectivity index (χ4v) is 2.62. The van der Waals surface area contributed by atoms with Gasteiger partial charge >= 0.3 is 5.97 Å². The van der Waals surface area contributed by atoms with Crippen molar-refractivity contribution in [2.45, 2.75) is 19.3 Å². The minimum Gasteiger partial charge on any atom is -0.478 e. The highest BCUT2D eigenvalue weighted by atomic mass is 19.1. The molecule has 1 aromatic rings. The Balaban J connectivity index is 2.04. The highest BCUT2D eigenvalue weighted by Gasteiger charge is 2.26. The van der Waals surface area contributed by atoms with Crippen molar-refractivity contribution in [2.75, 3.05) is 13.1 Å². The maximum atomic E-state index is 13.9. The number of amides is 2. The third-order valence-electron chi connectivity index (χ3n) is 3.84. The van der Waals surface area contributed by atoms with Gasteiger partial charge in [0.25, 0.3) is 5.91 Å². The van der Waals surface area contributed by atoms with E-state index in [-0.39, 0.29) is 23.0 Å². The van der Waals surface area contributed by atoms with Gasteiger partial charge < -0.3 is 15.7 Å². The van der Waals surface area contributed by atoms with Crippen molar-refractivity contribution in [1.29, 1.82) is 0 Å². The van der Waals surface area contributed by atoms with Gasteiger partial charge in [0, 0.05) is 19.5 Å². The van der Waals surface area contributed by atoms with Gasteiger partial charge in [-0.25, -0.2) is 9.18 Å². The minimum absolute atomic E-state index is 0.140. The molecule has 22 heavy (non-hydrogen) atoms. The first kappa shape index (κ1) is 15.9. The number of benzene rings is 1. The molecule has 1 saturated heterocycles. The molecule has 3 N–H and O–H groups in total. The number of carbonyl (C=O) groups excluding carboxylic acids is 2. The molecule has 1 heterocycles.